The predicted molar refractivity (Wildman–Crippen MR) is 55.1 cm³/mol. The molecule has 1 atom stereocenters. The first-order valence-corrected chi connectivity index (χ1v) is 5.24. The predicted octanol–water partition coefficient (Wildman–Crippen LogP) is 3.32. The van der Waals surface area contributed by atoms with E-state index in [1.54, 1.807) is 0 Å². The van der Waals surface area contributed by atoms with Crippen molar-refractivity contribution in [1.82, 2.24) is 0 Å². The van der Waals surface area contributed by atoms with Gasteiger partial charge in [-0.1, -0.05) is 17.6 Å². The fourth-order valence-electron chi connectivity index (χ4n) is 2.07. The van der Waals surface area contributed by atoms with Gasteiger partial charge in [0.15, 0.2) is 0 Å². The van der Waals surface area contributed by atoms with Gasteiger partial charge in [0.1, 0.15) is 0 Å². The van der Waals surface area contributed by atoms with Crippen LogP contribution in [0.25, 0.3) is 0 Å². The van der Waals surface area contributed by atoms with Crippen LogP contribution >= 0.6 is 0 Å². The van der Waals surface area contributed by atoms with Gasteiger partial charge in [-0.3, -0.25) is 0 Å². The van der Waals surface area contributed by atoms with Crippen LogP contribution in [0.1, 0.15) is 45.4 Å². The molecule has 1 saturated carbocycles. The standard InChI is InChI=1S/C12H16N2/c1-10(5-4-8-13)12-7-3-2-6-11(12)9-14/h11H,2-7H2,1H3/b12-10+. The minimum Gasteiger partial charge on any atom is -0.198 e. The van der Waals surface area contributed by atoms with E-state index in [2.05, 4.69) is 19.1 Å². The zero-order chi connectivity index (χ0) is 10.4. The summed E-state index contributed by atoms with van der Waals surface area (Å²) in [6, 6.07) is 4.52. The van der Waals surface area contributed by atoms with E-state index >= 15 is 0 Å². The lowest BCUT2D eigenvalue weighted by atomic mass is 9.82. The monoisotopic (exact) mass is 188 g/mol. The van der Waals surface area contributed by atoms with Crippen LogP contribution in [0.5, 0.6) is 0 Å². The first-order chi connectivity index (χ1) is 6.79. The van der Waals surface area contributed by atoms with Crippen LogP contribution in [-0.2, 0) is 0 Å². The number of rotatable bonds is 2. The molecule has 2 heteroatoms. The second kappa shape index (κ2) is 5.45. The molecule has 1 unspecified atom stereocenters. The van der Waals surface area contributed by atoms with Gasteiger partial charge in [0, 0.05) is 6.42 Å². The molecule has 74 valence electrons. The number of nitrogens with zero attached hydrogens (tertiary/aromatic N) is 2. The Balaban J connectivity index is 2.71. The van der Waals surface area contributed by atoms with Crippen molar-refractivity contribution in [3.8, 4) is 12.1 Å². The number of allylic oxidation sites excluding steroid dienone is 2. The third-order valence-electron chi connectivity index (χ3n) is 2.93. The average molecular weight is 188 g/mol. The summed E-state index contributed by atoms with van der Waals surface area (Å²) in [6.07, 6.45) is 5.87. The maximum atomic E-state index is 8.99. The number of hydrogen-bond donors (Lipinski definition) is 0. The lowest BCUT2D eigenvalue weighted by molar-refractivity contribution is 0.518. The van der Waals surface area contributed by atoms with Crippen molar-refractivity contribution >= 4 is 0 Å². The normalized spacial score (nSPS) is 24.9. The van der Waals surface area contributed by atoms with E-state index in [0.29, 0.717) is 6.42 Å². The molecule has 0 aromatic heterocycles. The molecule has 0 N–H and O–H groups in total. The fourth-order valence-corrected chi connectivity index (χ4v) is 2.07. The third kappa shape index (κ3) is 2.60. The SMILES string of the molecule is C/C(CCC#N)=C1/CCCCC1C#N. The van der Waals surface area contributed by atoms with E-state index < -0.39 is 0 Å². The maximum Gasteiger partial charge on any atom is 0.0700 e. The minimum atomic E-state index is 0.127. The van der Waals surface area contributed by atoms with Crippen LogP contribution in [0.4, 0.5) is 0 Å². The van der Waals surface area contributed by atoms with E-state index in [1.807, 2.05) is 0 Å². The molecule has 1 aliphatic rings. The van der Waals surface area contributed by atoms with Crippen molar-refractivity contribution in [3.63, 3.8) is 0 Å². The molecule has 1 aliphatic carbocycles. The van der Waals surface area contributed by atoms with Gasteiger partial charge in [0.05, 0.1) is 18.1 Å². The summed E-state index contributed by atoms with van der Waals surface area (Å²) < 4.78 is 0. The molecule has 14 heavy (non-hydrogen) atoms. The Hall–Kier alpha value is -1.28. The van der Waals surface area contributed by atoms with Crippen LogP contribution in [0, 0.1) is 28.6 Å². The molecule has 0 spiro atoms. The zero-order valence-corrected chi connectivity index (χ0v) is 8.71. The molecular formula is C12H16N2. The molecule has 0 amide bonds. The van der Waals surface area contributed by atoms with Crippen LogP contribution in [0.3, 0.4) is 0 Å². The highest BCUT2D eigenvalue weighted by Gasteiger charge is 2.19. The Labute approximate surface area is 85.8 Å². The quantitative estimate of drug-likeness (QED) is 0.624. The average Bonchev–Trinajstić information content (AvgIpc) is 2.25. The Kier molecular flexibility index (Phi) is 4.20. The summed E-state index contributed by atoms with van der Waals surface area (Å²) in [6.45, 7) is 2.07. The first-order valence-electron chi connectivity index (χ1n) is 5.24. The van der Waals surface area contributed by atoms with Gasteiger partial charge in [-0.2, -0.15) is 10.5 Å². The number of nitriles is 2. The van der Waals surface area contributed by atoms with Gasteiger partial charge >= 0.3 is 0 Å². The van der Waals surface area contributed by atoms with E-state index in [1.165, 1.54) is 24.0 Å². The van der Waals surface area contributed by atoms with Gasteiger partial charge in [-0.25, -0.2) is 0 Å². The van der Waals surface area contributed by atoms with Crippen molar-refractivity contribution in [2.75, 3.05) is 0 Å². The Bertz CT molecular complexity index is 301. The van der Waals surface area contributed by atoms with E-state index in [-0.39, 0.29) is 5.92 Å². The largest absolute Gasteiger partial charge is 0.198 e. The van der Waals surface area contributed by atoms with Gasteiger partial charge in [0.2, 0.25) is 0 Å². The van der Waals surface area contributed by atoms with Gasteiger partial charge in [-0.05, 0) is 32.6 Å². The smallest absolute Gasteiger partial charge is 0.0700 e. The number of hydrogen-bond acceptors (Lipinski definition) is 2. The summed E-state index contributed by atoms with van der Waals surface area (Å²) in [5.74, 6) is 0.127. The van der Waals surface area contributed by atoms with E-state index in [0.717, 1.165) is 19.3 Å². The van der Waals surface area contributed by atoms with Crippen molar-refractivity contribution in [2.45, 2.75) is 45.4 Å². The molecular weight excluding hydrogens is 172 g/mol. The minimum absolute atomic E-state index is 0.127. The van der Waals surface area contributed by atoms with Gasteiger partial charge in [0.25, 0.3) is 0 Å². The second-order valence-corrected chi connectivity index (χ2v) is 3.89. The van der Waals surface area contributed by atoms with Crippen LogP contribution < -0.4 is 0 Å². The van der Waals surface area contributed by atoms with Crippen molar-refractivity contribution in [3.05, 3.63) is 11.1 Å². The Morgan fingerprint density at radius 2 is 2.21 bits per heavy atom. The highest BCUT2D eigenvalue weighted by atomic mass is 14.3. The molecule has 1 fully saturated rings. The van der Waals surface area contributed by atoms with Gasteiger partial charge in [-0.15, -0.1) is 0 Å². The van der Waals surface area contributed by atoms with Crippen molar-refractivity contribution in [1.29, 1.82) is 10.5 Å². The topological polar surface area (TPSA) is 47.6 Å². The van der Waals surface area contributed by atoms with Crippen molar-refractivity contribution in [2.24, 2.45) is 5.92 Å². The van der Waals surface area contributed by atoms with Gasteiger partial charge < -0.3 is 0 Å². The summed E-state index contributed by atoms with van der Waals surface area (Å²) in [5, 5.41) is 17.5. The first kappa shape index (κ1) is 10.8. The summed E-state index contributed by atoms with van der Waals surface area (Å²) >= 11 is 0. The highest BCUT2D eigenvalue weighted by molar-refractivity contribution is 5.22. The molecule has 0 saturated heterocycles. The molecule has 0 bridgehead atoms. The molecule has 1 rings (SSSR count). The van der Waals surface area contributed by atoms with Crippen LogP contribution in [0.2, 0.25) is 0 Å². The summed E-state index contributed by atoms with van der Waals surface area (Å²) in [5.41, 5.74) is 2.59. The molecule has 0 aromatic carbocycles. The zero-order valence-electron chi connectivity index (χ0n) is 8.71. The highest BCUT2D eigenvalue weighted by Crippen LogP contribution is 2.32. The fraction of sp³-hybridized carbons (Fsp3) is 0.667. The molecule has 0 aromatic rings. The van der Waals surface area contributed by atoms with Crippen LogP contribution in [0.15, 0.2) is 11.1 Å². The molecule has 0 radical (unpaired) electrons. The Morgan fingerprint density at radius 3 is 2.86 bits per heavy atom. The van der Waals surface area contributed by atoms with Crippen molar-refractivity contribution < 1.29 is 0 Å². The summed E-state index contributed by atoms with van der Waals surface area (Å²) in [7, 11) is 0. The third-order valence-corrected chi connectivity index (χ3v) is 2.93. The lowest BCUT2D eigenvalue weighted by Crippen LogP contribution is -2.09. The molecule has 0 aliphatic heterocycles. The van der Waals surface area contributed by atoms with E-state index in [9.17, 15) is 0 Å². The Morgan fingerprint density at radius 1 is 1.43 bits per heavy atom. The lowest BCUT2D eigenvalue weighted by Gasteiger charge is -2.22. The molecule has 2 nitrogen and oxygen atoms in total. The summed E-state index contributed by atoms with van der Waals surface area (Å²) in [4.78, 5) is 0. The second-order valence-electron chi connectivity index (χ2n) is 3.89. The molecule has 0 heterocycles. The van der Waals surface area contributed by atoms with E-state index in [4.69, 9.17) is 10.5 Å². The van der Waals surface area contributed by atoms with Crippen LogP contribution in [-0.4, -0.2) is 0 Å². The maximum absolute atomic E-state index is 8.99.